The first-order valence-corrected chi connectivity index (χ1v) is 8.16. The highest BCUT2D eigenvalue weighted by atomic mass is 19.1. The van der Waals surface area contributed by atoms with E-state index in [1.807, 2.05) is 0 Å². The minimum atomic E-state index is -0.660. The van der Waals surface area contributed by atoms with Gasteiger partial charge in [-0.15, -0.1) is 0 Å². The Labute approximate surface area is 140 Å². The molecule has 3 rings (SSSR count). The molecule has 2 aromatic rings. The van der Waals surface area contributed by atoms with Crippen LogP contribution in [0.1, 0.15) is 32.1 Å². The van der Waals surface area contributed by atoms with Crippen molar-refractivity contribution in [2.45, 2.75) is 32.1 Å². The summed E-state index contributed by atoms with van der Waals surface area (Å²) in [5.74, 6) is -0.145. The van der Waals surface area contributed by atoms with Crippen molar-refractivity contribution >= 4 is 17.3 Å². The van der Waals surface area contributed by atoms with Crippen LogP contribution in [0.2, 0.25) is 0 Å². The van der Waals surface area contributed by atoms with Crippen molar-refractivity contribution in [3.63, 3.8) is 0 Å². The highest BCUT2D eigenvalue weighted by Crippen LogP contribution is 2.22. The number of benzene rings is 1. The topological polar surface area (TPSA) is 49.8 Å². The smallest absolute Gasteiger partial charge is 0.149 e. The fraction of sp³-hybridized carbons (Fsp3) is 0.333. The quantitative estimate of drug-likeness (QED) is 0.747. The van der Waals surface area contributed by atoms with Gasteiger partial charge in [-0.3, -0.25) is 0 Å². The summed E-state index contributed by atoms with van der Waals surface area (Å²) in [6.45, 7) is 0.799. The third-order valence-corrected chi connectivity index (χ3v) is 4.00. The van der Waals surface area contributed by atoms with Gasteiger partial charge in [-0.25, -0.2) is 18.7 Å². The van der Waals surface area contributed by atoms with E-state index in [1.165, 1.54) is 49.7 Å². The van der Waals surface area contributed by atoms with Gasteiger partial charge in [0.2, 0.25) is 0 Å². The third-order valence-electron chi connectivity index (χ3n) is 4.00. The lowest BCUT2D eigenvalue weighted by molar-refractivity contribution is 0.586. The number of hydrogen-bond acceptors (Lipinski definition) is 4. The first-order valence-electron chi connectivity index (χ1n) is 8.16. The molecule has 0 radical (unpaired) electrons. The minimum Gasteiger partial charge on any atom is -0.370 e. The summed E-state index contributed by atoms with van der Waals surface area (Å²) in [6.07, 6.45) is 9.66. The Morgan fingerprint density at radius 2 is 1.92 bits per heavy atom. The molecule has 0 spiro atoms. The Hall–Kier alpha value is -2.50. The van der Waals surface area contributed by atoms with Gasteiger partial charge < -0.3 is 10.6 Å². The summed E-state index contributed by atoms with van der Waals surface area (Å²) in [5, 5.41) is 6.09. The van der Waals surface area contributed by atoms with E-state index in [2.05, 4.69) is 26.7 Å². The van der Waals surface area contributed by atoms with Crippen molar-refractivity contribution in [1.82, 2.24) is 9.97 Å². The van der Waals surface area contributed by atoms with Crippen molar-refractivity contribution < 1.29 is 8.78 Å². The maximum absolute atomic E-state index is 13.7. The number of anilines is 3. The number of nitrogens with zero attached hydrogens (tertiary/aromatic N) is 2. The SMILES string of the molecule is Fc1ccc(Nc2cc(NCCC3=CCCCC3)ncn2)c(F)c1. The van der Waals surface area contributed by atoms with E-state index in [4.69, 9.17) is 0 Å². The van der Waals surface area contributed by atoms with Crippen LogP contribution in [0.4, 0.5) is 26.1 Å². The average molecular weight is 330 g/mol. The number of hydrogen-bond donors (Lipinski definition) is 2. The molecule has 126 valence electrons. The van der Waals surface area contributed by atoms with Gasteiger partial charge in [0.25, 0.3) is 0 Å². The molecule has 4 nitrogen and oxygen atoms in total. The first kappa shape index (κ1) is 16.4. The second-order valence-electron chi connectivity index (χ2n) is 5.82. The van der Waals surface area contributed by atoms with Gasteiger partial charge in [0.05, 0.1) is 5.69 Å². The molecule has 0 aliphatic heterocycles. The summed E-state index contributed by atoms with van der Waals surface area (Å²) in [4.78, 5) is 8.23. The van der Waals surface area contributed by atoms with E-state index in [1.54, 1.807) is 6.07 Å². The van der Waals surface area contributed by atoms with E-state index in [0.717, 1.165) is 19.0 Å². The van der Waals surface area contributed by atoms with Gasteiger partial charge in [0.1, 0.15) is 29.6 Å². The zero-order chi connectivity index (χ0) is 16.8. The summed E-state index contributed by atoms with van der Waals surface area (Å²) in [7, 11) is 0. The Bertz CT molecular complexity index is 731. The molecule has 0 amide bonds. The van der Waals surface area contributed by atoms with Gasteiger partial charge in [-0.2, -0.15) is 0 Å². The highest BCUT2D eigenvalue weighted by Gasteiger charge is 2.06. The molecule has 0 bridgehead atoms. The molecular weight excluding hydrogens is 310 g/mol. The van der Waals surface area contributed by atoms with Gasteiger partial charge in [-0.1, -0.05) is 11.6 Å². The Balaban J connectivity index is 1.58. The van der Waals surface area contributed by atoms with Crippen LogP contribution in [-0.2, 0) is 0 Å². The van der Waals surface area contributed by atoms with Crippen LogP contribution in [0, 0.1) is 11.6 Å². The second kappa shape index (κ2) is 7.86. The van der Waals surface area contributed by atoms with Crippen LogP contribution >= 0.6 is 0 Å². The Morgan fingerprint density at radius 3 is 2.71 bits per heavy atom. The maximum Gasteiger partial charge on any atom is 0.149 e. The Kier molecular flexibility index (Phi) is 5.36. The van der Waals surface area contributed by atoms with Gasteiger partial charge in [0.15, 0.2) is 0 Å². The van der Waals surface area contributed by atoms with Crippen LogP contribution in [-0.4, -0.2) is 16.5 Å². The molecule has 1 aromatic carbocycles. The van der Waals surface area contributed by atoms with Crippen molar-refractivity contribution in [3.8, 4) is 0 Å². The minimum absolute atomic E-state index is 0.174. The Morgan fingerprint density at radius 1 is 1.04 bits per heavy atom. The summed E-state index contributed by atoms with van der Waals surface area (Å²) < 4.78 is 26.6. The van der Waals surface area contributed by atoms with Crippen molar-refractivity contribution in [2.75, 3.05) is 17.2 Å². The van der Waals surface area contributed by atoms with E-state index >= 15 is 0 Å². The average Bonchev–Trinajstić information content (AvgIpc) is 2.59. The molecular formula is C18H20F2N4. The van der Waals surface area contributed by atoms with E-state index < -0.39 is 11.6 Å². The maximum atomic E-state index is 13.7. The standard InChI is InChI=1S/C18H20F2N4/c19-14-6-7-16(15(20)10-14)24-18-11-17(22-12-23-18)21-9-8-13-4-2-1-3-5-13/h4,6-7,10-12H,1-3,5,8-9H2,(H2,21,22,23,24). The zero-order valence-electron chi connectivity index (χ0n) is 13.4. The van der Waals surface area contributed by atoms with Crippen LogP contribution in [0.3, 0.4) is 0 Å². The lowest BCUT2D eigenvalue weighted by Gasteiger charge is -2.13. The number of halogens is 2. The molecule has 1 heterocycles. The lowest BCUT2D eigenvalue weighted by Crippen LogP contribution is -2.07. The third kappa shape index (κ3) is 4.50. The fourth-order valence-electron chi connectivity index (χ4n) is 2.73. The number of aromatic nitrogens is 2. The summed E-state index contributed by atoms with van der Waals surface area (Å²) >= 11 is 0. The van der Waals surface area contributed by atoms with Crippen LogP contribution in [0.25, 0.3) is 0 Å². The van der Waals surface area contributed by atoms with Crippen LogP contribution < -0.4 is 10.6 Å². The molecule has 1 aliphatic carbocycles. The number of nitrogens with one attached hydrogen (secondary N) is 2. The van der Waals surface area contributed by atoms with Crippen molar-refractivity contribution in [1.29, 1.82) is 0 Å². The molecule has 6 heteroatoms. The monoisotopic (exact) mass is 330 g/mol. The zero-order valence-corrected chi connectivity index (χ0v) is 13.4. The predicted octanol–water partition coefficient (Wildman–Crippen LogP) is 4.80. The van der Waals surface area contributed by atoms with Gasteiger partial charge >= 0.3 is 0 Å². The van der Waals surface area contributed by atoms with Crippen molar-refractivity contribution in [2.24, 2.45) is 0 Å². The first-order chi connectivity index (χ1) is 11.7. The predicted molar refractivity (Wildman–Crippen MR) is 91.3 cm³/mol. The molecule has 0 saturated carbocycles. The fourth-order valence-corrected chi connectivity index (χ4v) is 2.73. The summed E-state index contributed by atoms with van der Waals surface area (Å²) in [6, 6.07) is 5.08. The molecule has 0 atom stereocenters. The largest absolute Gasteiger partial charge is 0.370 e. The van der Waals surface area contributed by atoms with E-state index in [-0.39, 0.29) is 5.69 Å². The van der Waals surface area contributed by atoms with Gasteiger partial charge in [0, 0.05) is 18.7 Å². The summed E-state index contributed by atoms with van der Waals surface area (Å²) in [5.41, 5.74) is 1.67. The molecule has 0 fully saturated rings. The number of allylic oxidation sites excluding steroid dienone is 1. The highest BCUT2D eigenvalue weighted by molar-refractivity contribution is 5.59. The van der Waals surface area contributed by atoms with E-state index in [9.17, 15) is 8.78 Å². The molecule has 1 aliphatic rings. The lowest BCUT2D eigenvalue weighted by atomic mass is 9.97. The second-order valence-corrected chi connectivity index (χ2v) is 5.82. The molecule has 0 saturated heterocycles. The van der Waals surface area contributed by atoms with Gasteiger partial charge in [-0.05, 0) is 44.2 Å². The molecule has 24 heavy (non-hydrogen) atoms. The van der Waals surface area contributed by atoms with Crippen LogP contribution in [0.5, 0.6) is 0 Å². The van der Waals surface area contributed by atoms with E-state index in [0.29, 0.717) is 11.6 Å². The molecule has 0 unspecified atom stereocenters. The van der Waals surface area contributed by atoms with Crippen LogP contribution in [0.15, 0.2) is 42.2 Å². The number of rotatable bonds is 6. The van der Waals surface area contributed by atoms with Crippen molar-refractivity contribution in [3.05, 3.63) is 53.9 Å². The normalized spacial score (nSPS) is 14.2. The molecule has 2 N–H and O–H groups in total. The molecule has 1 aromatic heterocycles.